The van der Waals surface area contributed by atoms with E-state index in [1.165, 1.54) is 0 Å². The molecule has 1 atom stereocenters. The van der Waals surface area contributed by atoms with Gasteiger partial charge < -0.3 is 24.3 Å². The number of fused-ring (bicyclic) bond motifs is 2. The molecule has 0 aliphatic carbocycles. The Morgan fingerprint density at radius 2 is 1.77 bits per heavy atom. The minimum absolute atomic E-state index is 0.114. The average Bonchev–Trinajstić information content (AvgIpc) is 2.80. The summed E-state index contributed by atoms with van der Waals surface area (Å²) in [6.45, 7) is 4.78. The summed E-state index contributed by atoms with van der Waals surface area (Å²) in [5.74, 6) is 1.26. The van der Waals surface area contributed by atoms with Gasteiger partial charge in [-0.1, -0.05) is 38.1 Å². The fourth-order valence-corrected chi connectivity index (χ4v) is 3.56. The molecular weight excluding hydrogens is 398 g/mol. The van der Waals surface area contributed by atoms with Crippen molar-refractivity contribution in [3.8, 4) is 17.2 Å². The number of hydrogen-bond donors (Lipinski definition) is 1. The first-order valence-electron chi connectivity index (χ1n) is 10.3. The van der Waals surface area contributed by atoms with Crippen molar-refractivity contribution in [1.29, 1.82) is 0 Å². The van der Waals surface area contributed by atoms with Crippen molar-refractivity contribution in [2.24, 2.45) is 5.92 Å². The van der Waals surface area contributed by atoms with Gasteiger partial charge in [-0.3, -0.25) is 4.79 Å². The van der Waals surface area contributed by atoms with Crippen LogP contribution in [0.1, 0.15) is 31.0 Å². The molecule has 162 valence electrons. The fraction of sp³-hybridized carbons (Fsp3) is 0.333. The quantitative estimate of drug-likeness (QED) is 0.718. The number of nitrogens with one attached hydrogen (secondary N) is 1. The maximum atomic E-state index is 12.5. The van der Waals surface area contributed by atoms with Crippen molar-refractivity contribution in [3.05, 3.63) is 59.2 Å². The van der Waals surface area contributed by atoms with E-state index in [9.17, 15) is 9.59 Å². The average molecular weight is 423 g/mol. The van der Waals surface area contributed by atoms with Crippen LogP contribution in [0.25, 0.3) is 6.08 Å². The maximum Gasteiger partial charge on any atom is 0.338 e. The van der Waals surface area contributed by atoms with Gasteiger partial charge in [0.2, 0.25) is 0 Å². The summed E-state index contributed by atoms with van der Waals surface area (Å²) >= 11 is 0. The number of rotatable bonds is 6. The second kappa shape index (κ2) is 9.12. The Balaban J connectivity index is 1.37. The Hall–Kier alpha value is -3.48. The van der Waals surface area contributed by atoms with E-state index < -0.39 is 5.97 Å². The Morgan fingerprint density at radius 3 is 2.58 bits per heavy atom. The number of esters is 1. The minimum Gasteiger partial charge on any atom is -0.488 e. The van der Waals surface area contributed by atoms with Crippen molar-refractivity contribution in [2.45, 2.75) is 19.9 Å². The van der Waals surface area contributed by atoms with Gasteiger partial charge >= 0.3 is 5.97 Å². The molecule has 7 heteroatoms. The summed E-state index contributed by atoms with van der Waals surface area (Å²) in [7, 11) is 0. The first kappa shape index (κ1) is 20.8. The summed E-state index contributed by atoms with van der Waals surface area (Å²) < 4.78 is 22.0. The van der Waals surface area contributed by atoms with Crippen LogP contribution >= 0.6 is 0 Å². The van der Waals surface area contributed by atoms with Crippen molar-refractivity contribution >= 4 is 18.0 Å². The minimum atomic E-state index is -0.565. The number of para-hydroxylation sites is 1. The molecule has 0 unspecified atom stereocenters. The number of ether oxygens (including phenoxy) is 4. The lowest BCUT2D eigenvalue weighted by atomic mass is 9.95. The highest BCUT2D eigenvalue weighted by Gasteiger charge is 2.23. The van der Waals surface area contributed by atoms with Crippen molar-refractivity contribution < 1.29 is 28.5 Å². The summed E-state index contributed by atoms with van der Waals surface area (Å²) in [5, 5.41) is 2.95. The predicted octanol–water partition coefficient (Wildman–Crippen LogP) is 3.29. The summed E-state index contributed by atoms with van der Waals surface area (Å²) in [6, 6.07) is 12.8. The third-order valence-corrected chi connectivity index (χ3v) is 5.14. The summed E-state index contributed by atoms with van der Waals surface area (Å²) in [5.41, 5.74) is 2.08. The third-order valence-electron chi connectivity index (χ3n) is 5.14. The zero-order valence-corrected chi connectivity index (χ0v) is 17.6. The van der Waals surface area contributed by atoms with Crippen LogP contribution in [0.3, 0.4) is 0 Å². The first-order chi connectivity index (χ1) is 15.0. The second-order valence-corrected chi connectivity index (χ2v) is 7.76. The Labute approximate surface area is 180 Å². The topological polar surface area (TPSA) is 83.1 Å². The van der Waals surface area contributed by atoms with E-state index in [4.69, 9.17) is 18.9 Å². The zero-order chi connectivity index (χ0) is 21.8. The summed E-state index contributed by atoms with van der Waals surface area (Å²) in [4.78, 5) is 24.9. The largest absolute Gasteiger partial charge is 0.488 e. The first-order valence-corrected chi connectivity index (χ1v) is 10.3. The molecule has 1 N–H and O–H groups in total. The molecular formula is C24H25NO6. The van der Waals surface area contributed by atoms with E-state index in [-0.39, 0.29) is 31.1 Å². The van der Waals surface area contributed by atoms with E-state index in [0.29, 0.717) is 30.3 Å². The van der Waals surface area contributed by atoms with E-state index in [1.54, 1.807) is 6.08 Å². The fourth-order valence-electron chi connectivity index (χ4n) is 3.56. The molecule has 2 aromatic rings. The Kier molecular flexibility index (Phi) is 6.11. The molecule has 2 aliphatic heterocycles. The normalized spacial score (nSPS) is 15.3. The molecule has 31 heavy (non-hydrogen) atoms. The van der Waals surface area contributed by atoms with Crippen LogP contribution in [0.15, 0.2) is 48.0 Å². The predicted molar refractivity (Wildman–Crippen MR) is 114 cm³/mol. The highest BCUT2D eigenvalue weighted by Crippen LogP contribution is 2.34. The van der Waals surface area contributed by atoms with Gasteiger partial charge in [-0.2, -0.15) is 0 Å². The lowest BCUT2D eigenvalue weighted by molar-refractivity contribution is -0.145. The maximum absolute atomic E-state index is 12.5. The van der Waals surface area contributed by atoms with Crippen LogP contribution in [-0.2, 0) is 14.3 Å². The van der Waals surface area contributed by atoms with Crippen molar-refractivity contribution in [3.63, 3.8) is 0 Å². The van der Waals surface area contributed by atoms with Crippen LogP contribution in [0, 0.1) is 5.92 Å². The third kappa shape index (κ3) is 4.82. The molecule has 0 saturated carbocycles. The van der Waals surface area contributed by atoms with Gasteiger partial charge in [0.1, 0.15) is 25.6 Å². The number of hydrogen-bond acceptors (Lipinski definition) is 6. The number of benzene rings is 2. The molecule has 1 amide bonds. The second-order valence-electron chi connectivity index (χ2n) is 7.76. The van der Waals surface area contributed by atoms with Crippen LogP contribution in [0.5, 0.6) is 17.2 Å². The molecule has 4 rings (SSSR count). The lowest BCUT2D eigenvalue weighted by Crippen LogP contribution is -2.35. The number of carbonyl (C=O) groups excluding carboxylic acids is 2. The highest BCUT2D eigenvalue weighted by atomic mass is 16.6. The van der Waals surface area contributed by atoms with Gasteiger partial charge in [0.25, 0.3) is 5.91 Å². The van der Waals surface area contributed by atoms with Crippen LogP contribution < -0.4 is 19.5 Å². The van der Waals surface area contributed by atoms with E-state index in [1.807, 2.05) is 56.3 Å². The molecule has 2 heterocycles. The van der Waals surface area contributed by atoms with Gasteiger partial charge in [0, 0.05) is 5.56 Å². The SMILES string of the molecule is CC(C)[C@H](NC(=O)COC(=O)C1=Cc2ccccc2OC1)c1ccc2c(c1)OCCO2. The number of amides is 1. The van der Waals surface area contributed by atoms with Crippen LogP contribution in [0.4, 0.5) is 0 Å². The molecule has 7 nitrogen and oxygen atoms in total. The van der Waals surface area contributed by atoms with Gasteiger partial charge in [-0.15, -0.1) is 0 Å². The highest BCUT2D eigenvalue weighted by molar-refractivity contribution is 5.96. The molecule has 0 aromatic heterocycles. The van der Waals surface area contributed by atoms with Crippen molar-refractivity contribution in [2.75, 3.05) is 26.4 Å². The molecule has 2 aromatic carbocycles. The molecule has 0 fully saturated rings. The molecule has 0 spiro atoms. The van der Waals surface area contributed by atoms with Crippen molar-refractivity contribution in [1.82, 2.24) is 5.32 Å². The zero-order valence-electron chi connectivity index (χ0n) is 17.6. The standard InChI is InChI=1S/C24H25NO6/c1-15(2)23(17-7-8-20-21(12-17)29-10-9-28-20)25-22(26)14-31-24(27)18-11-16-5-3-4-6-19(16)30-13-18/h3-8,11-12,15,23H,9-10,13-14H2,1-2H3,(H,25,26)/t23-/m0/s1. The van der Waals surface area contributed by atoms with Gasteiger partial charge in [-0.25, -0.2) is 4.79 Å². The molecule has 0 saturated heterocycles. The monoisotopic (exact) mass is 423 g/mol. The number of carbonyl (C=O) groups is 2. The van der Waals surface area contributed by atoms with E-state index >= 15 is 0 Å². The van der Waals surface area contributed by atoms with Gasteiger partial charge in [-0.05, 0) is 35.8 Å². The molecule has 0 bridgehead atoms. The van der Waals surface area contributed by atoms with Gasteiger partial charge in [0.05, 0.1) is 11.6 Å². The lowest BCUT2D eigenvalue weighted by Gasteiger charge is -2.25. The Morgan fingerprint density at radius 1 is 1.00 bits per heavy atom. The molecule has 2 aliphatic rings. The van der Waals surface area contributed by atoms with Crippen LogP contribution in [-0.4, -0.2) is 38.3 Å². The smallest absolute Gasteiger partial charge is 0.338 e. The summed E-state index contributed by atoms with van der Waals surface area (Å²) in [6.07, 6.45) is 1.73. The molecule has 0 radical (unpaired) electrons. The van der Waals surface area contributed by atoms with Gasteiger partial charge in [0.15, 0.2) is 18.1 Å². The van der Waals surface area contributed by atoms with E-state index in [2.05, 4.69) is 5.32 Å². The van der Waals surface area contributed by atoms with Crippen LogP contribution in [0.2, 0.25) is 0 Å². The Bertz CT molecular complexity index is 1010. The van der Waals surface area contributed by atoms with E-state index in [0.717, 1.165) is 16.9 Å².